The zero-order chi connectivity index (χ0) is 12.8. The van der Waals surface area contributed by atoms with Crippen molar-refractivity contribution in [2.75, 3.05) is 6.61 Å². The third kappa shape index (κ3) is 4.44. The molecule has 0 aliphatic rings. The van der Waals surface area contributed by atoms with Crippen LogP contribution >= 0.6 is 11.3 Å². The first-order valence-electron chi connectivity index (χ1n) is 5.20. The van der Waals surface area contributed by atoms with E-state index in [1.165, 1.54) is 11.3 Å². The predicted molar refractivity (Wildman–Crippen MR) is 64.0 cm³/mol. The molecule has 0 bridgehead atoms. The van der Waals surface area contributed by atoms with Crippen LogP contribution in [0.3, 0.4) is 0 Å². The maximum atomic E-state index is 11.4. The van der Waals surface area contributed by atoms with Crippen molar-refractivity contribution in [2.45, 2.75) is 19.9 Å². The minimum absolute atomic E-state index is 0.214. The van der Waals surface area contributed by atoms with E-state index in [-0.39, 0.29) is 12.5 Å². The van der Waals surface area contributed by atoms with Crippen LogP contribution in [0.25, 0.3) is 0 Å². The van der Waals surface area contributed by atoms with Gasteiger partial charge in [-0.05, 0) is 17.4 Å². The highest BCUT2D eigenvalue weighted by atomic mass is 32.1. The zero-order valence-electron chi connectivity index (χ0n) is 9.67. The molecule has 1 rings (SSSR count). The standard InChI is InChI=1S/C11H15NO4S/c1-7(2)6-16-11(15)12-9(10(13)14)8-4-3-5-17-8/h3-5,7,9H,6H2,1-2H3,(H,12,15)(H,13,14). The van der Waals surface area contributed by atoms with Crippen molar-refractivity contribution < 1.29 is 19.4 Å². The van der Waals surface area contributed by atoms with Gasteiger partial charge in [0.1, 0.15) is 0 Å². The highest BCUT2D eigenvalue weighted by Crippen LogP contribution is 2.19. The van der Waals surface area contributed by atoms with Crippen LogP contribution in [-0.4, -0.2) is 23.8 Å². The Morgan fingerprint density at radius 1 is 1.53 bits per heavy atom. The van der Waals surface area contributed by atoms with Crippen molar-refractivity contribution in [1.82, 2.24) is 5.32 Å². The lowest BCUT2D eigenvalue weighted by atomic mass is 10.2. The summed E-state index contributed by atoms with van der Waals surface area (Å²) in [6.07, 6.45) is -0.709. The van der Waals surface area contributed by atoms with Gasteiger partial charge in [0, 0.05) is 4.88 Å². The first-order valence-corrected chi connectivity index (χ1v) is 6.08. The lowest BCUT2D eigenvalue weighted by Crippen LogP contribution is -2.34. The van der Waals surface area contributed by atoms with Crippen molar-refractivity contribution in [1.29, 1.82) is 0 Å². The molecule has 1 unspecified atom stereocenters. The molecule has 1 atom stereocenters. The van der Waals surface area contributed by atoms with Crippen molar-refractivity contribution in [2.24, 2.45) is 5.92 Å². The van der Waals surface area contributed by atoms with Crippen LogP contribution in [0.4, 0.5) is 4.79 Å². The molecule has 0 saturated heterocycles. The fraction of sp³-hybridized carbons (Fsp3) is 0.455. The van der Waals surface area contributed by atoms with Crippen LogP contribution in [0.1, 0.15) is 24.8 Å². The minimum atomic E-state index is -1.10. The molecular weight excluding hydrogens is 242 g/mol. The van der Waals surface area contributed by atoms with Gasteiger partial charge in [0.25, 0.3) is 0 Å². The number of alkyl carbamates (subject to hydrolysis) is 1. The van der Waals surface area contributed by atoms with Gasteiger partial charge in [-0.15, -0.1) is 11.3 Å². The van der Waals surface area contributed by atoms with Crippen molar-refractivity contribution in [3.05, 3.63) is 22.4 Å². The predicted octanol–water partition coefficient (Wildman–Crippen LogP) is 2.26. The lowest BCUT2D eigenvalue weighted by Gasteiger charge is -2.13. The number of hydrogen-bond donors (Lipinski definition) is 2. The molecule has 94 valence electrons. The molecule has 1 heterocycles. The number of carboxylic acids is 1. The summed E-state index contributed by atoms with van der Waals surface area (Å²) in [5.74, 6) is -0.889. The molecule has 0 aromatic carbocycles. The Balaban J connectivity index is 2.56. The lowest BCUT2D eigenvalue weighted by molar-refractivity contribution is -0.139. The number of aliphatic carboxylic acids is 1. The number of carbonyl (C=O) groups is 2. The molecule has 0 aliphatic carbocycles. The number of carboxylic acid groups (broad SMARTS) is 1. The quantitative estimate of drug-likeness (QED) is 0.848. The molecule has 0 fully saturated rings. The summed E-state index contributed by atoms with van der Waals surface area (Å²) in [6.45, 7) is 4.07. The molecule has 5 nitrogen and oxygen atoms in total. The van der Waals surface area contributed by atoms with Crippen molar-refractivity contribution >= 4 is 23.4 Å². The second-order valence-corrected chi connectivity index (χ2v) is 4.90. The number of amides is 1. The Kier molecular flexibility index (Phi) is 4.96. The van der Waals surface area contributed by atoms with Gasteiger partial charge >= 0.3 is 12.1 Å². The molecular formula is C11H15NO4S. The molecule has 1 amide bonds. The topological polar surface area (TPSA) is 75.6 Å². The molecule has 0 radical (unpaired) electrons. The maximum absolute atomic E-state index is 11.4. The fourth-order valence-electron chi connectivity index (χ4n) is 1.11. The van der Waals surface area contributed by atoms with E-state index >= 15 is 0 Å². The number of ether oxygens (including phenoxy) is 1. The van der Waals surface area contributed by atoms with Gasteiger partial charge in [0.05, 0.1) is 6.61 Å². The minimum Gasteiger partial charge on any atom is -0.479 e. The van der Waals surface area contributed by atoms with Crippen LogP contribution in [0.2, 0.25) is 0 Å². The second-order valence-electron chi connectivity index (χ2n) is 3.92. The van der Waals surface area contributed by atoms with Crippen LogP contribution in [0.5, 0.6) is 0 Å². The summed E-state index contributed by atoms with van der Waals surface area (Å²) in [5.41, 5.74) is 0. The van der Waals surface area contributed by atoms with E-state index < -0.39 is 18.1 Å². The number of thiophene rings is 1. The zero-order valence-corrected chi connectivity index (χ0v) is 10.5. The van der Waals surface area contributed by atoms with Gasteiger partial charge in [0.15, 0.2) is 6.04 Å². The Morgan fingerprint density at radius 3 is 2.71 bits per heavy atom. The van der Waals surface area contributed by atoms with Gasteiger partial charge in [0.2, 0.25) is 0 Å². The molecule has 0 aliphatic heterocycles. The van der Waals surface area contributed by atoms with Crippen molar-refractivity contribution in [3.8, 4) is 0 Å². The molecule has 0 saturated carbocycles. The molecule has 6 heteroatoms. The summed E-state index contributed by atoms with van der Waals surface area (Å²) in [6, 6.07) is 2.35. The number of rotatable bonds is 5. The Morgan fingerprint density at radius 2 is 2.24 bits per heavy atom. The van der Waals surface area contributed by atoms with Crippen LogP contribution < -0.4 is 5.32 Å². The summed E-state index contributed by atoms with van der Waals surface area (Å²) in [4.78, 5) is 22.9. The third-order valence-corrected chi connectivity index (χ3v) is 2.82. The molecule has 1 aromatic heterocycles. The number of carbonyl (C=O) groups excluding carboxylic acids is 1. The van der Waals surface area contributed by atoms with E-state index in [0.717, 1.165) is 0 Å². The van der Waals surface area contributed by atoms with Gasteiger partial charge in [-0.1, -0.05) is 19.9 Å². The first-order chi connectivity index (χ1) is 8.00. The molecule has 2 N–H and O–H groups in total. The van der Waals surface area contributed by atoms with E-state index in [2.05, 4.69) is 5.32 Å². The summed E-state index contributed by atoms with van der Waals surface area (Å²) < 4.78 is 4.87. The first kappa shape index (κ1) is 13.5. The van der Waals surface area contributed by atoms with E-state index in [4.69, 9.17) is 9.84 Å². The van der Waals surface area contributed by atoms with Gasteiger partial charge < -0.3 is 15.2 Å². The van der Waals surface area contributed by atoms with Crippen LogP contribution in [0, 0.1) is 5.92 Å². The van der Waals surface area contributed by atoms with Gasteiger partial charge in [-0.2, -0.15) is 0 Å². The van der Waals surface area contributed by atoms with Crippen LogP contribution in [0.15, 0.2) is 17.5 Å². The highest BCUT2D eigenvalue weighted by molar-refractivity contribution is 7.10. The Bertz CT molecular complexity index is 375. The molecule has 17 heavy (non-hydrogen) atoms. The van der Waals surface area contributed by atoms with Crippen molar-refractivity contribution in [3.63, 3.8) is 0 Å². The van der Waals surface area contributed by atoms with E-state index in [1.807, 2.05) is 13.8 Å². The summed E-state index contributed by atoms with van der Waals surface area (Å²) >= 11 is 1.27. The smallest absolute Gasteiger partial charge is 0.408 e. The van der Waals surface area contributed by atoms with Crippen LogP contribution in [-0.2, 0) is 9.53 Å². The summed E-state index contributed by atoms with van der Waals surface area (Å²) in [5, 5.41) is 13.1. The Labute approximate surface area is 103 Å². The van der Waals surface area contributed by atoms with Gasteiger partial charge in [-0.3, -0.25) is 0 Å². The summed E-state index contributed by atoms with van der Waals surface area (Å²) in [7, 11) is 0. The Hall–Kier alpha value is -1.56. The number of nitrogens with one attached hydrogen (secondary N) is 1. The van der Waals surface area contributed by atoms with E-state index in [1.54, 1.807) is 17.5 Å². The highest BCUT2D eigenvalue weighted by Gasteiger charge is 2.23. The fourth-order valence-corrected chi connectivity index (χ4v) is 1.88. The molecule has 0 spiro atoms. The number of hydrogen-bond acceptors (Lipinski definition) is 4. The maximum Gasteiger partial charge on any atom is 0.408 e. The third-order valence-electron chi connectivity index (χ3n) is 1.88. The molecule has 1 aromatic rings. The van der Waals surface area contributed by atoms with E-state index in [9.17, 15) is 9.59 Å². The average molecular weight is 257 g/mol. The van der Waals surface area contributed by atoms with Gasteiger partial charge in [-0.25, -0.2) is 9.59 Å². The largest absolute Gasteiger partial charge is 0.479 e. The SMILES string of the molecule is CC(C)COC(=O)NC(C(=O)O)c1cccs1. The second kappa shape index (κ2) is 6.24. The normalized spacial score (nSPS) is 12.2. The average Bonchev–Trinajstić information content (AvgIpc) is 2.75. The van der Waals surface area contributed by atoms with E-state index in [0.29, 0.717) is 4.88 Å². The monoisotopic (exact) mass is 257 g/mol.